The first-order valence-corrected chi connectivity index (χ1v) is 4.68. The molecule has 0 saturated heterocycles. The molecule has 2 aromatic heterocycles. The van der Waals surface area contributed by atoms with Crippen molar-refractivity contribution in [3.63, 3.8) is 0 Å². The van der Waals surface area contributed by atoms with E-state index in [0.717, 1.165) is 0 Å². The van der Waals surface area contributed by atoms with Gasteiger partial charge < -0.3 is 15.6 Å². The highest BCUT2D eigenvalue weighted by molar-refractivity contribution is 5.75. The zero-order chi connectivity index (χ0) is 11.4. The van der Waals surface area contributed by atoms with Crippen LogP contribution < -0.4 is 11.1 Å². The Kier molecular flexibility index (Phi) is 2.86. The standard InChI is InChI=1S/C9H11N5O2/c10-7-3-12-14(5-7)6-9(15)11-4-8-1-2-13-16-8/h1-3,5H,4,6,10H2,(H,11,15). The molecule has 7 nitrogen and oxygen atoms in total. The number of amides is 1. The van der Waals surface area contributed by atoms with Gasteiger partial charge in [0, 0.05) is 12.3 Å². The number of carbonyl (C=O) groups excluding carboxylic acids is 1. The smallest absolute Gasteiger partial charge is 0.242 e. The number of hydrogen-bond donors (Lipinski definition) is 2. The van der Waals surface area contributed by atoms with Crippen molar-refractivity contribution in [2.24, 2.45) is 0 Å². The highest BCUT2D eigenvalue weighted by atomic mass is 16.5. The number of nitrogens with two attached hydrogens (primary N) is 1. The third kappa shape index (κ3) is 2.59. The van der Waals surface area contributed by atoms with Crippen molar-refractivity contribution in [2.45, 2.75) is 13.1 Å². The predicted molar refractivity (Wildman–Crippen MR) is 55.0 cm³/mol. The van der Waals surface area contributed by atoms with E-state index in [1.54, 1.807) is 12.3 Å². The van der Waals surface area contributed by atoms with Crippen LogP contribution in [0, 0.1) is 0 Å². The quantitative estimate of drug-likeness (QED) is 0.743. The average molecular weight is 221 g/mol. The summed E-state index contributed by atoms with van der Waals surface area (Å²) in [5, 5.41) is 10.1. The second-order valence-electron chi connectivity index (χ2n) is 3.23. The van der Waals surface area contributed by atoms with Gasteiger partial charge in [-0.3, -0.25) is 9.48 Å². The number of rotatable bonds is 4. The number of nitrogens with one attached hydrogen (secondary N) is 1. The van der Waals surface area contributed by atoms with Gasteiger partial charge >= 0.3 is 0 Å². The lowest BCUT2D eigenvalue weighted by atomic mass is 10.4. The lowest BCUT2D eigenvalue weighted by Gasteiger charge is -2.02. The van der Waals surface area contributed by atoms with Crippen LogP contribution >= 0.6 is 0 Å². The molecule has 7 heteroatoms. The van der Waals surface area contributed by atoms with Crippen molar-refractivity contribution in [3.05, 3.63) is 30.4 Å². The van der Waals surface area contributed by atoms with E-state index in [-0.39, 0.29) is 12.5 Å². The van der Waals surface area contributed by atoms with Crippen molar-refractivity contribution in [1.29, 1.82) is 0 Å². The van der Waals surface area contributed by atoms with Gasteiger partial charge in [-0.15, -0.1) is 0 Å². The summed E-state index contributed by atoms with van der Waals surface area (Å²) in [6.07, 6.45) is 4.60. The Morgan fingerprint density at radius 3 is 3.12 bits per heavy atom. The number of aromatic nitrogens is 3. The summed E-state index contributed by atoms with van der Waals surface area (Å²) in [5.74, 6) is 0.438. The van der Waals surface area contributed by atoms with Crippen LogP contribution in [0.2, 0.25) is 0 Å². The Morgan fingerprint density at radius 1 is 1.62 bits per heavy atom. The Morgan fingerprint density at radius 2 is 2.50 bits per heavy atom. The molecule has 0 saturated carbocycles. The van der Waals surface area contributed by atoms with Crippen molar-refractivity contribution >= 4 is 11.6 Å². The van der Waals surface area contributed by atoms with E-state index in [9.17, 15) is 4.79 Å². The predicted octanol–water partition coefficient (Wildman–Crippen LogP) is -0.230. The van der Waals surface area contributed by atoms with Gasteiger partial charge in [-0.1, -0.05) is 5.16 Å². The first-order chi connectivity index (χ1) is 7.74. The molecule has 2 aromatic rings. The molecule has 0 radical (unpaired) electrons. The lowest BCUT2D eigenvalue weighted by Crippen LogP contribution is -2.27. The van der Waals surface area contributed by atoms with Gasteiger partial charge in [0.15, 0.2) is 5.76 Å². The molecule has 0 fully saturated rings. The average Bonchev–Trinajstić information content (AvgIpc) is 2.87. The first kappa shape index (κ1) is 10.2. The summed E-state index contributed by atoms with van der Waals surface area (Å²) in [7, 11) is 0. The number of carbonyl (C=O) groups is 1. The van der Waals surface area contributed by atoms with Crippen LogP contribution in [0.1, 0.15) is 5.76 Å². The summed E-state index contributed by atoms with van der Waals surface area (Å²) in [6.45, 7) is 0.445. The summed E-state index contributed by atoms with van der Waals surface area (Å²) < 4.78 is 6.29. The Hall–Kier alpha value is -2.31. The summed E-state index contributed by atoms with van der Waals surface area (Å²) in [4.78, 5) is 11.4. The van der Waals surface area contributed by atoms with E-state index in [1.165, 1.54) is 17.1 Å². The van der Waals surface area contributed by atoms with Crippen LogP contribution in [0.25, 0.3) is 0 Å². The van der Waals surface area contributed by atoms with Crippen molar-refractivity contribution in [1.82, 2.24) is 20.3 Å². The minimum Gasteiger partial charge on any atom is -0.396 e. The minimum atomic E-state index is -0.167. The van der Waals surface area contributed by atoms with Crippen molar-refractivity contribution < 1.29 is 9.32 Å². The minimum absolute atomic E-state index is 0.130. The molecule has 84 valence electrons. The van der Waals surface area contributed by atoms with Crippen molar-refractivity contribution in [2.75, 3.05) is 5.73 Å². The van der Waals surface area contributed by atoms with E-state index < -0.39 is 0 Å². The molecule has 2 heterocycles. The molecular weight excluding hydrogens is 210 g/mol. The molecule has 3 N–H and O–H groups in total. The molecule has 2 rings (SSSR count). The van der Waals surface area contributed by atoms with Gasteiger partial charge in [-0.25, -0.2) is 0 Å². The molecule has 0 spiro atoms. The van der Waals surface area contributed by atoms with E-state index >= 15 is 0 Å². The van der Waals surface area contributed by atoms with Gasteiger partial charge in [-0.05, 0) is 0 Å². The largest absolute Gasteiger partial charge is 0.396 e. The van der Waals surface area contributed by atoms with E-state index in [4.69, 9.17) is 10.3 Å². The second-order valence-corrected chi connectivity index (χ2v) is 3.23. The summed E-state index contributed by atoms with van der Waals surface area (Å²) in [5.41, 5.74) is 6.00. The second kappa shape index (κ2) is 4.47. The zero-order valence-electron chi connectivity index (χ0n) is 8.46. The normalized spacial score (nSPS) is 10.2. The van der Waals surface area contributed by atoms with Crippen LogP contribution in [0.15, 0.2) is 29.2 Å². The number of nitrogens with zero attached hydrogens (tertiary/aromatic N) is 3. The van der Waals surface area contributed by atoms with Crippen LogP contribution in [0.3, 0.4) is 0 Å². The summed E-state index contributed by atoms with van der Waals surface area (Å²) >= 11 is 0. The van der Waals surface area contributed by atoms with Gasteiger partial charge in [0.1, 0.15) is 6.54 Å². The van der Waals surface area contributed by atoms with E-state index in [2.05, 4.69) is 15.6 Å². The fourth-order valence-corrected chi connectivity index (χ4v) is 1.19. The number of anilines is 1. The van der Waals surface area contributed by atoms with E-state index in [1.807, 2.05) is 0 Å². The molecule has 0 aliphatic heterocycles. The lowest BCUT2D eigenvalue weighted by molar-refractivity contribution is -0.122. The molecule has 16 heavy (non-hydrogen) atoms. The third-order valence-electron chi connectivity index (χ3n) is 1.91. The molecule has 0 aliphatic carbocycles. The van der Waals surface area contributed by atoms with Crippen molar-refractivity contribution in [3.8, 4) is 0 Å². The SMILES string of the molecule is Nc1cnn(CC(=O)NCc2ccno2)c1. The number of nitrogen functional groups attached to an aromatic ring is 1. The zero-order valence-corrected chi connectivity index (χ0v) is 8.46. The molecule has 0 aliphatic rings. The Labute approximate surface area is 91.2 Å². The van der Waals surface area contributed by atoms with Crippen LogP contribution in [-0.2, 0) is 17.9 Å². The molecule has 0 unspecified atom stereocenters. The third-order valence-corrected chi connectivity index (χ3v) is 1.91. The van der Waals surface area contributed by atoms with Gasteiger partial charge in [0.2, 0.25) is 5.91 Å². The topological polar surface area (TPSA) is 99.0 Å². The molecule has 0 bridgehead atoms. The van der Waals surface area contributed by atoms with Crippen LogP contribution in [-0.4, -0.2) is 20.8 Å². The maximum atomic E-state index is 11.4. The monoisotopic (exact) mass is 221 g/mol. The molecular formula is C9H11N5O2. The van der Waals surface area contributed by atoms with Gasteiger partial charge in [0.05, 0.1) is 24.6 Å². The Bertz CT molecular complexity index is 462. The molecule has 0 atom stereocenters. The van der Waals surface area contributed by atoms with Gasteiger partial charge in [-0.2, -0.15) is 5.10 Å². The maximum absolute atomic E-state index is 11.4. The fourth-order valence-electron chi connectivity index (χ4n) is 1.19. The highest BCUT2D eigenvalue weighted by Gasteiger charge is 2.04. The van der Waals surface area contributed by atoms with E-state index in [0.29, 0.717) is 18.0 Å². The van der Waals surface area contributed by atoms with Crippen LogP contribution in [0.5, 0.6) is 0 Å². The van der Waals surface area contributed by atoms with Gasteiger partial charge in [0.25, 0.3) is 0 Å². The highest BCUT2D eigenvalue weighted by Crippen LogP contribution is 1.98. The number of hydrogen-bond acceptors (Lipinski definition) is 5. The molecule has 1 amide bonds. The van der Waals surface area contributed by atoms with Crippen LogP contribution in [0.4, 0.5) is 5.69 Å². The maximum Gasteiger partial charge on any atom is 0.242 e. The first-order valence-electron chi connectivity index (χ1n) is 4.68. The molecule has 0 aromatic carbocycles. The Balaban J connectivity index is 1.81. The fraction of sp³-hybridized carbons (Fsp3) is 0.222. The summed E-state index contributed by atoms with van der Waals surface area (Å²) in [6, 6.07) is 1.69.